The molecule has 3 aromatic rings. The van der Waals surface area contributed by atoms with Crippen molar-refractivity contribution in [1.82, 2.24) is 9.55 Å². The largest absolute Gasteiger partial charge is 0.434 e. The number of hydrogen-bond donors (Lipinski definition) is 0. The first-order valence-corrected chi connectivity index (χ1v) is 8.81. The fraction of sp³-hybridized carbons (Fsp3) is 0.118. The molecule has 0 saturated heterocycles. The molecule has 0 saturated carbocycles. The lowest BCUT2D eigenvalue weighted by Crippen LogP contribution is -2.17. The summed E-state index contributed by atoms with van der Waals surface area (Å²) in [6.07, 6.45) is -4.23. The Labute approximate surface area is 146 Å². The van der Waals surface area contributed by atoms with Crippen LogP contribution in [0.15, 0.2) is 64.8 Å². The summed E-state index contributed by atoms with van der Waals surface area (Å²) in [5, 5.41) is -1.10. The minimum atomic E-state index is -4.99. The Morgan fingerprint density at radius 1 is 0.962 bits per heavy atom. The van der Waals surface area contributed by atoms with E-state index in [1.165, 1.54) is 24.3 Å². The van der Waals surface area contributed by atoms with Crippen LogP contribution in [0, 0.1) is 12.7 Å². The smallest absolute Gasteiger partial charge is 0.294 e. The summed E-state index contributed by atoms with van der Waals surface area (Å²) in [5.41, 5.74) is -0.738. The van der Waals surface area contributed by atoms with Gasteiger partial charge in [0.2, 0.25) is 9.84 Å². The highest BCUT2D eigenvalue weighted by atomic mass is 32.2. The van der Waals surface area contributed by atoms with Crippen molar-refractivity contribution in [2.75, 3.05) is 0 Å². The number of sulfone groups is 1. The molecule has 1 aromatic heterocycles. The molecule has 0 aliphatic carbocycles. The van der Waals surface area contributed by atoms with E-state index in [0.717, 1.165) is 36.2 Å². The third-order valence-electron chi connectivity index (χ3n) is 3.69. The van der Waals surface area contributed by atoms with Crippen molar-refractivity contribution >= 4 is 9.84 Å². The van der Waals surface area contributed by atoms with E-state index in [-0.39, 0.29) is 10.6 Å². The fourth-order valence-electron chi connectivity index (χ4n) is 2.41. The first-order chi connectivity index (χ1) is 12.1. The van der Waals surface area contributed by atoms with Crippen LogP contribution in [0.5, 0.6) is 0 Å². The quantitative estimate of drug-likeness (QED) is 0.637. The number of rotatable bonds is 3. The Balaban J connectivity index is 2.23. The van der Waals surface area contributed by atoms with Crippen molar-refractivity contribution in [2.24, 2.45) is 0 Å². The van der Waals surface area contributed by atoms with Crippen LogP contribution < -0.4 is 0 Å². The second-order valence-electron chi connectivity index (χ2n) is 5.56. The molecule has 0 atom stereocenters. The highest BCUT2D eigenvalue weighted by Gasteiger charge is 2.43. The van der Waals surface area contributed by atoms with Crippen LogP contribution in [-0.4, -0.2) is 18.0 Å². The Morgan fingerprint density at radius 2 is 1.54 bits per heavy atom. The Hall–Kier alpha value is -2.68. The van der Waals surface area contributed by atoms with Crippen LogP contribution in [0.3, 0.4) is 0 Å². The van der Waals surface area contributed by atoms with E-state index in [1.54, 1.807) is 6.92 Å². The molecule has 136 valence electrons. The van der Waals surface area contributed by atoms with Gasteiger partial charge in [-0.05, 0) is 43.3 Å². The maximum atomic E-state index is 13.6. The zero-order chi connectivity index (χ0) is 19.1. The molecule has 0 N–H and O–H groups in total. The van der Waals surface area contributed by atoms with E-state index in [9.17, 15) is 26.0 Å². The molecule has 0 fully saturated rings. The summed E-state index contributed by atoms with van der Waals surface area (Å²) in [6, 6.07) is 9.58. The summed E-state index contributed by atoms with van der Waals surface area (Å²) in [5.74, 6) is -0.630. The van der Waals surface area contributed by atoms with Gasteiger partial charge in [0.25, 0.3) is 0 Å². The van der Waals surface area contributed by atoms with Crippen LogP contribution >= 0.6 is 0 Å². The molecule has 3 rings (SSSR count). The molecule has 2 aromatic carbocycles. The van der Waals surface area contributed by atoms with Crippen LogP contribution in [-0.2, 0) is 16.0 Å². The number of benzene rings is 2. The van der Waals surface area contributed by atoms with E-state index in [4.69, 9.17) is 0 Å². The van der Waals surface area contributed by atoms with Gasteiger partial charge in [-0.15, -0.1) is 0 Å². The van der Waals surface area contributed by atoms with Crippen LogP contribution in [0.4, 0.5) is 17.6 Å². The van der Waals surface area contributed by atoms with Gasteiger partial charge < -0.3 is 0 Å². The Kier molecular flexibility index (Phi) is 4.35. The monoisotopic (exact) mass is 384 g/mol. The molecule has 1 heterocycles. The van der Waals surface area contributed by atoms with Crippen LogP contribution in [0.1, 0.15) is 11.3 Å². The number of hydrogen-bond acceptors (Lipinski definition) is 3. The Bertz CT molecular complexity index is 1040. The number of nitrogens with zero attached hydrogens (tertiary/aromatic N) is 2. The van der Waals surface area contributed by atoms with Gasteiger partial charge >= 0.3 is 6.18 Å². The normalized spacial score (nSPS) is 12.3. The van der Waals surface area contributed by atoms with Crippen molar-refractivity contribution in [3.8, 4) is 5.69 Å². The van der Waals surface area contributed by atoms with Crippen LogP contribution in [0.2, 0.25) is 0 Å². The van der Waals surface area contributed by atoms with E-state index in [2.05, 4.69) is 4.98 Å². The highest BCUT2D eigenvalue weighted by Crippen LogP contribution is 2.37. The molecule has 9 heteroatoms. The standard InChI is InChI=1S/C17H12F4N2O2S/c1-11-2-8-14(9-3-11)26(24,25)16-15(17(19,20)21)23(10-22-16)13-6-4-12(18)5-7-13/h2-10H,1H3. The summed E-state index contributed by atoms with van der Waals surface area (Å²) < 4.78 is 79.8. The van der Waals surface area contributed by atoms with Gasteiger partial charge in [-0.1, -0.05) is 17.7 Å². The van der Waals surface area contributed by atoms with E-state index >= 15 is 0 Å². The number of aromatic nitrogens is 2. The van der Waals surface area contributed by atoms with Crippen molar-refractivity contribution in [1.29, 1.82) is 0 Å². The van der Waals surface area contributed by atoms with Crippen molar-refractivity contribution < 1.29 is 26.0 Å². The molecule has 0 aliphatic heterocycles. The zero-order valence-electron chi connectivity index (χ0n) is 13.3. The van der Waals surface area contributed by atoms with E-state index in [1.807, 2.05) is 0 Å². The maximum absolute atomic E-state index is 13.6. The highest BCUT2D eigenvalue weighted by molar-refractivity contribution is 7.91. The summed E-state index contributed by atoms with van der Waals surface area (Å²) in [4.78, 5) is 3.22. The Morgan fingerprint density at radius 3 is 2.08 bits per heavy atom. The topological polar surface area (TPSA) is 52.0 Å². The van der Waals surface area contributed by atoms with Gasteiger partial charge in [-0.2, -0.15) is 13.2 Å². The minimum Gasteiger partial charge on any atom is -0.294 e. The van der Waals surface area contributed by atoms with E-state index < -0.39 is 32.6 Å². The van der Waals surface area contributed by atoms with Gasteiger partial charge in [0.1, 0.15) is 12.1 Å². The first kappa shape index (κ1) is 18.1. The molecule has 0 bridgehead atoms. The van der Waals surface area contributed by atoms with Gasteiger partial charge in [0.05, 0.1) is 4.90 Å². The molecule has 0 unspecified atom stereocenters. The van der Waals surface area contributed by atoms with Gasteiger partial charge in [-0.25, -0.2) is 17.8 Å². The maximum Gasteiger partial charge on any atom is 0.434 e. The molecule has 26 heavy (non-hydrogen) atoms. The second-order valence-corrected chi connectivity index (χ2v) is 7.42. The molecule has 0 aliphatic rings. The number of halogens is 4. The van der Waals surface area contributed by atoms with Crippen molar-refractivity contribution in [2.45, 2.75) is 23.0 Å². The average molecular weight is 384 g/mol. The van der Waals surface area contributed by atoms with Crippen molar-refractivity contribution in [3.63, 3.8) is 0 Å². The molecule has 4 nitrogen and oxygen atoms in total. The lowest BCUT2D eigenvalue weighted by Gasteiger charge is -2.13. The third-order valence-corrected chi connectivity index (χ3v) is 5.39. The summed E-state index contributed by atoms with van der Waals surface area (Å²) >= 11 is 0. The minimum absolute atomic E-state index is 0.0587. The first-order valence-electron chi connectivity index (χ1n) is 7.33. The zero-order valence-corrected chi connectivity index (χ0v) is 14.1. The van der Waals surface area contributed by atoms with Crippen LogP contribution in [0.25, 0.3) is 5.69 Å². The lowest BCUT2D eigenvalue weighted by atomic mass is 10.2. The van der Waals surface area contributed by atoms with Crippen molar-refractivity contribution in [3.05, 3.63) is 71.9 Å². The predicted octanol–water partition coefficient (Wildman–Crippen LogP) is 4.17. The number of imidazole rings is 1. The summed E-state index contributed by atoms with van der Waals surface area (Å²) in [7, 11) is -4.49. The van der Waals surface area contributed by atoms with Gasteiger partial charge in [0, 0.05) is 5.69 Å². The average Bonchev–Trinajstić information content (AvgIpc) is 3.02. The second kappa shape index (κ2) is 6.24. The lowest BCUT2D eigenvalue weighted by molar-refractivity contribution is -0.144. The number of aryl methyl sites for hydroxylation is 1. The molecule has 0 radical (unpaired) electrons. The third kappa shape index (κ3) is 3.22. The molecule has 0 amide bonds. The molecular weight excluding hydrogens is 372 g/mol. The van der Waals surface area contributed by atoms with Gasteiger partial charge in [-0.3, -0.25) is 4.57 Å². The summed E-state index contributed by atoms with van der Waals surface area (Å²) in [6.45, 7) is 1.72. The SMILES string of the molecule is Cc1ccc(S(=O)(=O)c2ncn(-c3ccc(F)cc3)c2C(F)(F)F)cc1. The van der Waals surface area contributed by atoms with E-state index in [0.29, 0.717) is 4.57 Å². The predicted molar refractivity (Wildman–Crippen MR) is 85.2 cm³/mol. The molecular formula is C17H12F4N2O2S. The molecule has 0 spiro atoms. The number of alkyl halides is 3. The fourth-order valence-corrected chi connectivity index (χ4v) is 3.79. The van der Waals surface area contributed by atoms with Gasteiger partial charge in [0.15, 0.2) is 10.7 Å².